The number of nitrogens with zero attached hydrogens (tertiary/aromatic N) is 4. The Morgan fingerprint density at radius 1 is 1.41 bits per heavy atom. The number of nitrogens with two attached hydrogens (primary N) is 1. The monoisotopic (exact) mass is 231 g/mol. The van der Waals surface area contributed by atoms with Crippen LogP contribution < -0.4 is 5.73 Å². The quantitative estimate of drug-likeness (QED) is 0.858. The molecule has 5 heteroatoms. The second-order valence-electron chi connectivity index (χ2n) is 4.37. The highest BCUT2D eigenvalue weighted by molar-refractivity contribution is 5.44. The Morgan fingerprint density at radius 2 is 2.18 bits per heavy atom. The number of rotatable bonds is 3. The van der Waals surface area contributed by atoms with E-state index in [0.717, 1.165) is 23.6 Å². The normalized spacial score (nSPS) is 12.7. The lowest BCUT2D eigenvalue weighted by Gasteiger charge is -2.07. The first-order valence-corrected chi connectivity index (χ1v) is 5.64. The molecule has 0 aliphatic rings. The van der Waals surface area contributed by atoms with Crippen molar-refractivity contribution in [2.24, 2.45) is 12.8 Å². The molecule has 0 saturated carbocycles. The average molecular weight is 231 g/mol. The lowest BCUT2D eigenvalue weighted by molar-refractivity contribution is 0.718. The molecule has 0 aromatic carbocycles. The summed E-state index contributed by atoms with van der Waals surface area (Å²) in [6.45, 7) is 3.93. The summed E-state index contributed by atoms with van der Waals surface area (Å²) in [4.78, 5) is 13.2. The van der Waals surface area contributed by atoms with Gasteiger partial charge in [0.25, 0.3) is 0 Å². The van der Waals surface area contributed by atoms with Gasteiger partial charge < -0.3 is 10.3 Å². The van der Waals surface area contributed by atoms with E-state index in [1.54, 1.807) is 6.20 Å². The van der Waals surface area contributed by atoms with Crippen molar-refractivity contribution >= 4 is 0 Å². The van der Waals surface area contributed by atoms with Crippen LogP contribution in [-0.2, 0) is 13.5 Å². The maximum atomic E-state index is 5.79. The van der Waals surface area contributed by atoms with Crippen LogP contribution in [0, 0.1) is 6.92 Å². The number of imidazole rings is 1. The molecule has 0 saturated heterocycles. The second kappa shape index (κ2) is 4.63. The van der Waals surface area contributed by atoms with Crippen molar-refractivity contribution in [1.29, 1.82) is 0 Å². The van der Waals surface area contributed by atoms with Gasteiger partial charge in [-0.3, -0.25) is 0 Å². The van der Waals surface area contributed by atoms with E-state index in [-0.39, 0.29) is 6.04 Å². The van der Waals surface area contributed by atoms with Gasteiger partial charge in [0.2, 0.25) is 0 Å². The van der Waals surface area contributed by atoms with Crippen LogP contribution >= 0.6 is 0 Å². The Balaban J connectivity index is 2.42. The second-order valence-corrected chi connectivity index (χ2v) is 4.37. The fraction of sp³-hybridized carbons (Fsp3) is 0.417. The first-order valence-electron chi connectivity index (χ1n) is 5.64. The largest absolute Gasteiger partial charge is 0.331 e. The number of aromatic nitrogens is 4. The van der Waals surface area contributed by atoms with Crippen LogP contribution in [0.4, 0.5) is 0 Å². The van der Waals surface area contributed by atoms with Crippen molar-refractivity contribution in [2.45, 2.75) is 26.3 Å². The summed E-state index contributed by atoms with van der Waals surface area (Å²) in [5, 5.41) is 0. The zero-order valence-corrected chi connectivity index (χ0v) is 10.4. The fourth-order valence-electron chi connectivity index (χ4n) is 1.75. The van der Waals surface area contributed by atoms with Crippen molar-refractivity contribution in [2.75, 3.05) is 0 Å². The van der Waals surface area contributed by atoms with Gasteiger partial charge in [-0.05, 0) is 19.9 Å². The minimum Gasteiger partial charge on any atom is -0.331 e. The minimum atomic E-state index is 0.0959. The van der Waals surface area contributed by atoms with Gasteiger partial charge in [-0.15, -0.1) is 0 Å². The third-order valence-electron chi connectivity index (χ3n) is 2.46. The summed E-state index contributed by atoms with van der Waals surface area (Å²) in [5.41, 5.74) is 7.69. The van der Waals surface area contributed by atoms with Crippen LogP contribution in [-0.4, -0.2) is 25.6 Å². The van der Waals surface area contributed by atoms with Gasteiger partial charge in [-0.1, -0.05) is 0 Å². The van der Waals surface area contributed by atoms with Crippen molar-refractivity contribution in [3.05, 3.63) is 29.8 Å². The molecule has 2 heterocycles. The van der Waals surface area contributed by atoms with Crippen molar-refractivity contribution in [1.82, 2.24) is 19.5 Å². The van der Waals surface area contributed by atoms with Crippen LogP contribution in [0.2, 0.25) is 0 Å². The maximum Gasteiger partial charge on any atom is 0.196 e. The first-order chi connectivity index (χ1) is 8.06. The third-order valence-corrected chi connectivity index (χ3v) is 2.46. The van der Waals surface area contributed by atoms with Crippen molar-refractivity contribution < 1.29 is 0 Å². The summed E-state index contributed by atoms with van der Waals surface area (Å²) >= 11 is 0. The van der Waals surface area contributed by atoms with Crippen LogP contribution in [0.3, 0.4) is 0 Å². The molecule has 0 bridgehead atoms. The van der Waals surface area contributed by atoms with E-state index in [1.165, 1.54) is 0 Å². The summed E-state index contributed by atoms with van der Waals surface area (Å²) in [5.74, 6) is 1.44. The van der Waals surface area contributed by atoms with Gasteiger partial charge in [0.1, 0.15) is 0 Å². The Hall–Kier alpha value is -1.75. The molecule has 0 fully saturated rings. The first kappa shape index (κ1) is 11.7. The average Bonchev–Trinajstić information content (AvgIpc) is 2.62. The molecule has 2 rings (SSSR count). The van der Waals surface area contributed by atoms with E-state index in [1.807, 2.05) is 37.7 Å². The molecule has 90 valence electrons. The molecule has 0 aliphatic heterocycles. The zero-order chi connectivity index (χ0) is 12.4. The molecule has 0 amide bonds. The van der Waals surface area contributed by atoms with Crippen LogP contribution in [0.1, 0.15) is 18.3 Å². The zero-order valence-electron chi connectivity index (χ0n) is 10.4. The van der Waals surface area contributed by atoms with E-state index in [0.29, 0.717) is 5.82 Å². The molecular formula is C12H17N5. The standard InChI is InChI=1S/C12H17N5/c1-8(13)6-10-7-9(2)15-11(16-10)12-14-4-5-17(12)3/h4-5,7-8H,6,13H2,1-3H3. The lowest BCUT2D eigenvalue weighted by atomic mass is 10.2. The molecule has 17 heavy (non-hydrogen) atoms. The van der Waals surface area contributed by atoms with E-state index < -0.39 is 0 Å². The lowest BCUT2D eigenvalue weighted by Crippen LogP contribution is -2.19. The molecule has 2 aromatic rings. The van der Waals surface area contributed by atoms with Gasteiger partial charge >= 0.3 is 0 Å². The van der Waals surface area contributed by atoms with Crippen molar-refractivity contribution in [3.8, 4) is 11.6 Å². The molecule has 2 N–H and O–H groups in total. The topological polar surface area (TPSA) is 69.6 Å². The summed E-state index contributed by atoms with van der Waals surface area (Å²) in [6, 6.07) is 2.06. The van der Waals surface area contributed by atoms with Gasteiger partial charge in [0.05, 0.1) is 0 Å². The number of hydrogen-bond donors (Lipinski definition) is 1. The van der Waals surface area contributed by atoms with Crippen molar-refractivity contribution in [3.63, 3.8) is 0 Å². The number of hydrogen-bond acceptors (Lipinski definition) is 4. The molecule has 0 radical (unpaired) electrons. The number of aryl methyl sites for hydroxylation is 2. The Morgan fingerprint density at radius 3 is 2.76 bits per heavy atom. The van der Waals surface area contributed by atoms with Crippen LogP contribution in [0.5, 0.6) is 0 Å². The third kappa shape index (κ3) is 2.68. The van der Waals surface area contributed by atoms with E-state index in [4.69, 9.17) is 5.73 Å². The molecule has 1 atom stereocenters. The Labute approximate surface area is 101 Å². The predicted octanol–water partition coefficient (Wildman–Crippen LogP) is 1.08. The molecular weight excluding hydrogens is 214 g/mol. The van der Waals surface area contributed by atoms with E-state index >= 15 is 0 Å². The van der Waals surface area contributed by atoms with Crippen LogP contribution in [0.25, 0.3) is 11.6 Å². The Kier molecular flexibility index (Phi) is 3.19. The van der Waals surface area contributed by atoms with E-state index in [2.05, 4.69) is 15.0 Å². The highest BCUT2D eigenvalue weighted by Gasteiger charge is 2.10. The molecule has 2 aromatic heterocycles. The summed E-state index contributed by atoms with van der Waals surface area (Å²) in [6.07, 6.45) is 4.37. The highest BCUT2D eigenvalue weighted by Crippen LogP contribution is 2.13. The molecule has 5 nitrogen and oxygen atoms in total. The minimum absolute atomic E-state index is 0.0959. The maximum absolute atomic E-state index is 5.79. The smallest absolute Gasteiger partial charge is 0.196 e. The molecule has 0 spiro atoms. The highest BCUT2D eigenvalue weighted by atomic mass is 15.1. The molecule has 1 unspecified atom stereocenters. The van der Waals surface area contributed by atoms with Gasteiger partial charge in [-0.25, -0.2) is 15.0 Å². The van der Waals surface area contributed by atoms with Crippen LogP contribution in [0.15, 0.2) is 18.5 Å². The molecule has 0 aliphatic carbocycles. The predicted molar refractivity (Wildman–Crippen MR) is 66.3 cm³/mol. The summed E-state index contributed by atoms with van der Waals surface area (Å²) < 4.78 is 1.91. The SMILES string of the molecule is Cc1cc(CC(C)N)nc(-c2nccn2C)n1. The fourth-order valence-corrected chi connectivity index (χ4v) is 1.75. The Bertz CT molecular complexity index is 515. The summed E-state index contributed by atoms with van der Waals surface area (Å²) in [7, 11) is 1.93. The van der Waals surface area contributed by atoms with Gasteiger partial charge in [0.15, 0.2) is 11.6 Å². The van der Waals surface area contributed by atoms with Gasteiger partial charge in [0, 0.05) is 43.3 Å². The van der Waals surface area contributed by atoms with Gasteiger partial charge in [-0.2, -0.15) is 0 Å². The van der Waals surface area contributed by atoms with E-state index in [9.17, 15) is 0 Å².